The van der Waals surface area contributed by atoms with Crippen molar-refractivity contribution in [3.8, 4) is 33.4 Å². The van der Waals surface area contributed by atoms with Gasteiger partial charge in [0, 0.05) is 43.9 Å². The van der Waals surface area contributed by atoms with Gasteiger partial charge in [-0.15, -0.1) is 0 Å². The van der Waals surface area contributed by atoms with E-state index in [1.807, 2.05) is 12.1 Å². The van der Waals surface area contributed by atoms with Crippen molar-refractivity contribution in [2.75, 3.05) is 4.90 Å². The molecule has 0 unspecified atom stereocenters. The summed E-state index contributed by atoms with van der Waals surface area (Å²) in [4.78, 5) is 2.36. The largest absolute Gasteiger partial charge is 0.456 e. The van der Waals surface area contributed by atoms with Crippen LogP contribution >= 0.6 is 0 Å². The Labute approximate surface area is 313 Å². The minimum atomic E-state index is -0.141. The van der Waals surface area contributed by atoms with E-state index < -0.39 is 0 Å². The van der Waals surface area contributed by atoms with Gasteiger partial charge < -0.3 is 13.7 Å². The lowest BCUT2D eigenvalue weighted by Crippen LogP contribution is -2.16. The first-order valence-corrected chi connectivity index (χ1v) is 18.6. The molecular formula is C51H35NO2. The zero-order valence-electron chi connectivity index (χ0n) is 30.0. The molecule has 0 aliphatic heterocycles. The van der Waals surface area contributed by atoms with Gasteiger partial charge in [0.15, 0.2) is 5.58 Å². The van der Waals surface area contributed by atoms with Gasteiger partial charge in [-0.1, -0.05) is 147 Å². The molecule has 0 amide bonds. The number of hydrogen-bond acceptors (Lipinski definition) is 3. The van der Waals surface area contributed by atoms with E-state index in [-0.39, 0.29) is 5.41 Å². The molecule has 11 rings (SSSR count). The monoisotopic (exact) mass is 693 g/mol. The van der Waals surface area contributed by atoms with Crippen molar-refractivity contribution in [2.45, 2.75) is 19.3 Å². The van der Waals surface area contributed by atoms with E-state index in [4.69, 9.17) is 8.83 Å². The molecule has 0 saturated carbocycles. The van der Waals surface area contributed by atoms with E-state index in [0.29, 0.717) is 0 Å². The standard InChI is InChI=1S/C51H35NO2/c1-51(2)42-21-11-9-18-37(42)38-29-28-36(30-43(38)51)52(35-26-24-33(25-27-35)32-14-5-3-6-15-32)44-22-13-20-39-41-31-46-48(40-19-10-12-23-45(40)53-46)47(50(41)54-49(39)44)34-16-7-4-8-17-34/h3-31H,1-2H3. The van der Waals surface area contributed by atoms with Crippen LogP contribution in [0.4, 0.5) is 17.1 Å². The first kappa shape index (κ1) is 30.8. The molecule has 0 fully saturated rings. The van der Waals surface area contributed by atoms with Crippen LogP contribution in [0, 0.1) is 0 Å². The minimum Gasteiger partial charge on any atom is -0.456 e. The number of para-hydroxylation sites is 2. The number of furan rings is 2. The molecule has 2 aromatic heterocycles. The molecule has 10 aromatic rings. The second-order valence-electron chi connectivity index (χ2n) is 14.9. The summed E-state index contributed by atoms with van der Waals surface area (Å²) in [6.45, 7) is 4.68. The maximum atomic E-state index is 7.21. The highest BCUT2D eigenvalue weighted by atomic mass is 16.3. The van der Waals surface area contributed by atoms with E-state index in [0.717, 1.165) is 72.1 Å². The second kappa shape index (κ2) is 11.6. The van der Waals surface area contributed by atoms with Crippen LogP contribution in [0.1, 0.15) is 25.0 Å². The molecule has 1 aliphatic carbocycles. The predicted octanol–water partition coefficient (Wildman–Crippen LogP) is 14.6. The van der Waals surface area contributed by atoms with Crippen molar-refractivity contribution >= 4 is 60.9 Å². The lowest BCUT2D eigenvalue weighted by molar-refractivity contribution is 0.660. The minimum absolute atomic E-state index is 0.141. The molecule has 3 nitrogen and oxygen atoms in total. The van der Waals surface area contributed by atoms with Gasteiger partial charge in [-0.25, -0.2) is 0 Å². The van der Waals surface area contributed by atoms with Gasteiger partial charge >= 0.3 is 0 Å². The van der Waals surface area contributed by atoms with E-state index in [2.05, 4.69) is 183 Å². The normalized spacial score (nSPS) is 13.1. The molecule has 54 heavy (non-hydrogen) atoms. The molecule has 256 valence electrons. The van der Waals surface area contributed by atoms with E-state index in [1.165, 1.54) is 33.4 Å². The Bertz CT molecular complexity index is 3060. The van der Waals surface area contributed by atoms with Crippen LogP contribution in [0.3, 0.4) is 0 Å². The molecule has 3 heteroatoms. The third kappa shape index (κ3) is 4.48. The Morgan fingerprint density at radius 3 is 1.89 bits per heavy atom. The summed E-state index contributed by atoms with van der Waals surface area (Å²) in [6.07, 6.45) is 0. The molecule has 1 aliphatic rings. The second-order valence-corrected chi connectivity index (χ2v) is 14.9. The number of anilines is 3. The van der Waals surface area contributed by atoms with Crippen molar-refractivity contribution in [3.63, 3.8) is 0 Å². The van der Waals surface area contributed by atoms with Crippen LogP contribution < -0.4 is 4.90 Å². The Balaban J connectivity index is 1.18. The maximum Gasteiger partial charge on any atom is 0.159 e. The first-order valence-electron chi connectivity index (χ1n) is 18.6. The molecule has 0 bridgehead atoms. The highest BCUT2D eigenvalue weighted by Gasteiger charge is 2.36. The molecular weight excluding hydrogens is 659 g/mol. The van der Waals surface area contributed by atoms with Crippen LogP contribution in [-0.4, -0.2) is 0 Å². The highest BCUT2D eigenvalue weighted by Crippen LogP contribution is 2.52. The Morgan fingerprint density at radius 2 is 1.07 bits per heavy atom. The summed E-state index contributed by atoms with van der Waals surface area (Å²) in [5.74, 6) is 0. The topological polar surface area (TPSA) is 29.5 Å². The quantitative estimate of drug-likeness (QED) is 0.180. The number of benzene rings is 8. The van der Waals surface area contributed by atoms with Crippen molar-refractivity contribution in [1.82, 2.24) is 0 Å². The Morgan fingerprint density at radius 1 is 0.426 bits per heavy atom. The van der Waals surface area contributed by atoms with Crippen LogP contribution in [0.2, 0.25) is 0 Å². The van der Waals surface area contributed by atoms with Crippen LogP contribution in [0.5, 0.6) is 0 Å². The van der Waals surface area contributed by atoms with Gasteiger partial charge in [-0.2, -0.15) is 0 Å². The van der Waals surface area contributed by atoms with Gasteiger partial charge in [0.25, 0.3) is 0 Å². The van der Waals surface area contributed by atoms with Gasteiger partial charge in [-0.3, -0.25) is 0 Å². The summed E-state index contributed by atoms with van der Waals surface area (Å²) < 4.78 is 13.8. The van der Waals surface area contributed by atoms with E-state index >= 15 is 0 Å². The SMILES string of the molecule is CC1(C)c2ccccc2-c2ccc(N(c3ccc(-c4ccccc4)cc3)c3cccc4c3oc3c(-c5ccccc5)c5c(cc34)oc3ccccc35)cc21. The lowest BCUT2D eigenvalue weighted by Gasteiger charge is -2.28. The lowest BCUT2D eigenvalue weighted by atomic mass is 9.82. The highest BCUT2D eigenvalue weighted by molar-refractivity contribution is 6.24. The third-order valence-electron chi connectivity index (χ3n) is 11.5. The average molecular weight is 694 g/mol. The number of hydrogen-bond donors (Lipinski definition) is 0. The van der Waals surface area contributed by atoms with Crippen LogP contribution in [-0.2, 0) is 5.41 Å². The zero-order valence-corrected chi connectivity index (χ0v) is 30.0. The maximum absolute atomic E-state index is 7.21. The van der Waals surface area contributed by atoms with Gasteiger partial charge in [0.05, 0.1) is 5.69 Å². The first-order chi connectivity index (χ1) is 26.5. The third-order valence-corrected chi connectivity index (χ3v) is 11.5. The molecule has 0 saturated heterocycles. The smallest absolute Gasteiger partial charge is 0.159 e. The fourth-order valence-corrected chi connectivity index (χ4v) is 8.87. The molecule has 2 heterocycles. The van der Waals surface area contributed by atoms with Gasteiger partial charge in [0.2, 0.25) is 0 Å². The summed E-state index contributed by atoms with van der Waals surface area (Å²) in [7, 11) is 0. The van der Waals surface area contributed by atoms with E-state index in [1.54, 1.807) is 0 Å². The summed E-state index contributed by atoms with van der Waals surface area (Å²) in [6, 6.07) is 62.7. The summed E-state index contributed by atoms with van der Waals surface area (Å²) >= 11 is 0. The number of fused-ring (bicyclic) bond motifs is 9. The molecule has 0 atom stereocenters. The van der Waals surface area contributed by atoms with Gasteiger partial charge in [-0.05, 0) is 81.4 Å². The number of nitrogens with zero attached hydrogens (tertiary/aromatic N) is 1. The number of rotatable bonds is 5. The van der Waals surface area contributed by atoms with Crippen molar-refractivity contribution in [3.05, 3.63) is 187 Å². The summed E-state index contributed by atoms with van der Waals surface area (Å²) in [5, 5.41) is 4.22. The van der Waals surface area contributed by atoms with Crippen LogP contribution in [0.15, 0.2) is 185 Å². The Hall–Kier alpha value is -6.84. The molecule has 0 N–H and O–H groups in total. The van der Waals surface area contributed by atoms with Crippen molar-refractivity contribution in [1.29, 1.82) is 0 Å². The van der Waals surface area contributed by atoms with Crippen molar-refractivity contribution < 1.29 is 8.83 Å². The Kier molecular flexibility index (Phi) is 6.60. The summed E-state index contributed by atoms with van der Waals surface area (Å²) in [5.41, 5.74) is 16.2. The van der Waals surface area contributed by atoms with E-state index in [9.17, 15) is 0 Å². The van der Waals surface area contributed by atoms with Gasteiger partial charge in [0.1, 0.15) is 16.7 Å². The molecule has 0 spiro atoms. The molecule has 0 radical (unpaired) electrons. The zero-order chi connectivity index (χ0) is 36.0. The average Bonchev–Trinajstić information content (AvgIpc) is 3.86. The van der Waals surface area contributed by atoms with Crippen LogP contribution in [0.25, 0.3) is 77.3 Å². The molecule has 8 aromatic carbocycles. The predicted molar refractivity (Wildman–Crippen MR) is 224 cm³/mol. The fraction of sp³-hybridized carbons (Fsp3) is 0.0588. The van der Waals surface area contributed by atoms with Crippen molar-refractivity contribution in [2.24, 2.45) is 0 Å². The fourth-order valence-electron chi connectivity index (χ4n) is 8.87.